The monoisotopic (exact) mass is 314 g/mol. The van der Waals surface area contributed by atoms with Gasteiger partial charge in [0.1, 0.15) is 5.01 Å². The molecule has 4 heteroatoms. The first-order valence-electron chi connectivity index (χ1n) is 4.41. The van der Waals surface area contributed by atoms with Crippen molar-refractivity contribution in [2.75, 3.05) is 0 Å². The third-order valence-corrected chi connectivity index (χ3v) is 4.27. The molecule has 0 bridgehead atoms. The zero-order valence-corrected chi connectivity index (χ0v) is 10.2. The number of hydrogen-bond acceptors (Lipinski definition) is 3. The molecule has 0 saturated carbocycles. The number of fused-ring (bicyclic) bond motifs is 1. The molecule has 1 aliphatic carbocycles. The van der Waals surface area contributed by atoms with Crippen LogP contribution in [0.25, 0.3) is 0 Å². The smallest absolute Gasteiger partial charge is 0.142 e. The minimum atomic E-state index is 0.507. The van der Waals surface area contributed by atoms with E-state index in [1.54, 1.807) is 11.3 Å². The van der Waals surface area contributed by atoms with Crippen molar-refractivity contribution in [3.05, 3.63) is 43.4 Å². The summed E-state index contributed by atoms with van der Waals surface area (Å²) in [6.07, 6.45) is 1.13. The molecule has 1 unspecified atom stereocenters. The Bertz CT molecular complexity index is 480. The normalized spacial score (nSPS) is 18.8. The van der Waals surface area contributed by atoms with E-state index >= 15 is 0 Å². The van der Waals surface area contributed by atoms with Gasteiger partial charge in [0, 0.05) is 5.92 Å². The van der Waals surface area contributed by atoms with E-state index in [-0.39, 0.29) is 0 Å². The maximum Gasteiger partial charge on any atom is 0.178 e. The Hall–Kier alpha value is -0.490. The van der Waals surface area contributed by atoms with Crippen molar-refractivity contribution < 1.29 is 0 Å². The van der Waals surface area contributed by atoms with E-state index in [1.165, 1.54) is 11.1 Å². The number of aromatic nitrogens is 2. The van der Waals surface area contributed by atoms with E-state index in [9.17, 15) is 0 Å². The lowest BCUT2D eigenvalue weighted by Crippen LogP contribution is -2.17. The highest BCUT2D eigenvalue weighted by atomic mass is 127. The molecule has 1 aliphatic rings. The molecule has 0 amide bonds. The zero-order valence-electron chi connectivity index (χ0n) is 7.27. The highest BCUT2D eigenvalue weighted by Gasteiger charge is 2.29. The largest absolute Gasteiger partial charge is 0.178 e. The van der Waals surface area contributed by atoms with Crippen molar-refractivity contribution in [2.45, 2.75) is 12.3 Å². The second kappa shape index (κ2) is 3.27. The van der Waals surface area contributed by atoms with Crippen LogP contribution in [0, 0.1) is 3.01 Å². The fraction of sp³-hybridized carbons (Fsp3) is 0.200. The number of nitrogens with zero attached hydrogens (tertiary/aromatic N) is 2. The Morgan fingerprint density at radius 1 is 1.29 bits per heavy atom. The van der Waals surface area contributed by atoms with Crippen molar-refractivity contribution in [1.82, 2.24) is 10.2 Å². The topological polar surface area (TPSA) is 25.8 Å². The van der Waals surface area contributed by atoms with E-state index in [0.29, 0.717) is 5.92 Å². The molecule has 0 aliphatic heterocycles. The van der Waals surface area contributed by atoms with Gasteiger partial charge in [-0.15, -0.1) is 10.2 Å². The molecule has 1 aromatic heterocycles. The second-order valence-corrected chi connectivity index (χ2v) is 6.11. The molecule has 2 aromatic rings. The molecule has 0 N–H and O–H groups in total. The van der Waals surface area contributed by atoms with Gasteiger partial charge in [-0.1, -0.05) is 35.6 Å². The van der Waals surface area contributed by atoms with Crippen molar-refractivity contribution in [2.24, 2.45) is 0 Å². The summed E-state index contributed by atoms with van der Waals surface area (Å²) in [5, 5.41) is 9.41. The van der Waals surface area contributed by atoms with Gasteiger partial charge in [0.2, 0.25) is 0 Å². The van der Waals surface area contributed by atoms with Crippen LogP contribution in [-0.2, 0) is 6.42 Å². The van der Waals surface area contributed by atoms with E-state index in [1.807, 2.05) is 0 Å². The SMILES string of the molecule is Ic1nnc(C2Cc3ccccc32)s1. The summed E-state index contributed by atoms with van der Waals surface area (Å²) in [4.78, 5) is 0. The molecule has 0 saturated heterocycles. The van der Waals surface area contributed by atoms with Crippen LogP contribution >= 0.6 is 33.9 Å². The van der Waals surface area contributed by atoms with Crippen LogP contribution in [0.4, 0.5) is 0 Å². The van der Waals surface area contributed by atoms with Crippen molar-refractivity contribution in [1.29, 1.82) is 0 Å². The van der Waals surface area contributed by atoms with Gasteiger partial charge in [-0.3, -0.25) is 0 Å². The molecular weight excluding hydrogens is 307 g/mol. The van der Waals surface area contributed by atoms with Crippen LogP contribution in [0.3, 0.4) is 0 Å². The van der Waals surface area contributed by atoms with Gasteiger partial charge in [-0.2, -0.15) is 0 Å². The summed E-state index contributed by atoms with van der Waals surface area (Å²) < 4.78 is 1.03. The minimum absolute atomic E-state index is 0.507. The van der Waals surface area contributed by atoms with Gasteiger partial charge in [0.15, 0.2) is 3.01 Å². The molecule has 0 radical (unpaired) electrons. The van der Waals surface area contributed by atoms with Crippen LogP contribution in [-0.4, -0.2) is 10.2 Å². The van der Waals surface area contributed by atoms with Crippen molar-refractivity contribution >= 4 is 33.9 Å². The fourth-order valence-corrected chi connectivity index (χ4v) is 3.31. The lowest BCUT2D eigenvalue weighted by Gasteiger charge is -2.27. The maximum atomic E-state index is 4.20. The molecule has 2 nitrogen and oxygen atoms in total. The highest BCUT2D eigenvalue weighted by Crippen LogP contribution is 2.40. The Morgan fingerprint density at radius 2 is 2.14 bits per heavy atom. The third kappa shape index (κ3) is 1.28. The molecule has 0 fully saturated rings. The molecule has 3 rings (SSSR count). The molecule has 1 atom stereocenters. The molecule has 1 heterocycles. The molecule has 70 valence electrons. The van der Waals surface area contributed by atoms with E-state index in [2.05, 4.69) is 57.1 Å². The van der Waals surface area contributed by atoms with Crippen LogP contribution in [0.1, 0.15) is 22.1 Å². The Morgan fingerprint density at radius 3 is 2.86 bits per heavy atom. The van der Waals surface area contributed by atoms with Gasteiger partial charge in [0.25, 0.3) is 0 Å². The van der Waals surface area contributed by atoms with E-state index in [4.69, 9.17) is 0 Å². The van der Waals surface area contributed by atoms with E-state index in [0.717, 1.165) is 14.4 Å². The van der Waals surface area contributed by atoms with Crippen LogP contribution in [0.2, 0.25) is 0 Å². The highest BCUT2D eigenvalue weighted by molar-refractivity contribution is 14.1. The minimum Gasteiger partial charge on any atom is -0.142 e. The number of benzene rings is 1. The number of hydrogen-bond donors (Lipinski definition) is 0. The summed E-state index contributed by atoms with van der Waals surface area (Å²) in [5.74, 6) is 0.507. The first kappa shape index (κ1) is 8.79. The Labute approximate surface area is 99.5 Å². The first-order chi connectivity index (χ1) is 6.84. The molecule has 14 heavy (non-hydrogen) atoms. The summed E-state index contributed by atoms with van der Waals surface area (Å²) >= 11 is 3.92. The number of rotatable bonds is 1. The average molecular weight is 314 g/mol. The predicted molar refractivity (Wildman–Crippen MR) is 64.6 cm³/mol. The third-order valence-electron chi connectivity index (χ3n) is 2.57. The van der Waals surface area contributed by atoms with Crippen LogP contribution in [0.15, 0.2) is 24.3 Å². The second-order valence-electron chi connectivity index (χ2n) is 3.35. The zero-order chi connectivity index (χ0) is 9.54. The van der Waals surface area contributed by atoms with E-state index < -0.39 is 0 Å². The first-order valence-corrected chi connectivity index (χ1v) is 6.31. The van der Waals surface area contributed by atoms with Crippen LogP contribution in [0.5, 0.6) is 0 Å². The van der Waals surface area contributed by atoms with Gasteiger partial charge in [-0.25, -0.2) is 0 Å². The summed E-state index contributed by atoms with van der Waals surface area (Å²) in [6, 6.07) is 8.57. The standard InChI is InChI=1S/C10H7IN2S/c11-10-13-12-9(14-10)8-5-6-3-1-2-4-7(6)8/h1-4,8H,5H2. The summed E-state index contributed by atoms with van der Waals surface area (Å²) in [6.45, 7) is 0. The lowest BCUT2D eigenvalue weighted by atomic mass is 9.78. The summed E-state index contributed by atoms with van der Waals surface area (Å²) in [7, 11) is 0. The Balaban J connectivity index is 1.99. The van der Waals surface area contributed by atoms with Gasteiger partial charge >= 0.3 is 0 Å². The quantitative estimate of drug-likeness (QED) is 0.757. The lowest BCUT2D eigenvalue weighted by molar-refractivity contribution is 0.692. The Kier molecular flexibility index (Phi) is 2.05. The van der Waals surface area contributed by atoms with Crippen LogP contribution < -0.4 is 0 Å². The number of halogens is 1. The van der Waals surface area contributed by atoms with Gasteiger partial charge in [0.05, 0.1) is 0 Å². The fourth-order valence-electron chi connectivity index (χ4n) is 1.84. The van der Waals surface area contributed by atoms with Gasteiger partial charge < -0.3 is 0 Å². The van der Waals surface area contributed by atoms with Gasteiger partial charge in [-0.05, 0) is 40.1 Å². The van der Waals surface area contributed by atoms with Crippen molar-refractivity contribution in [3.63, 3.8) is 0 Å². The van der Waals surface area contributed by atoms with Crippen molar-refractivity contribution in [3.8, 4) is 0 Å². The molecule has 1 aromatic carbocycles. The molecular formula is C10H7IN2S. The maximum absolute atomic E-state index is 4.20. The average Bonchev–Trinajstić information content (AvgIpc) is 2.54. The predicted octanol–water partition coefficient (Wildman–Crippen LogP) is 2.83. The molecule has 0 spiro atoms. The summed E-state index contributed by atoms with van der Waals surface area (Å²) in [5.41, 5.74) is 2.89.